The minimum Gasteiger partial charge on any atom is -0.494 e. The Bertz CT molecular complexity index is 524. The number of rotatable bonds is 7. The Balaban J connectivity index is 1.73. The molecule has 0 fully saturated rings. The van der Waals surface area contributed by atoms with Crippen molar-refractivity contribution in [1.29, 1.82) is 0 Å². The number of nitrogens with zero attached hydrogens (tertiary/aromatic N) is 1. The van der Waals surface area contributed by atoms with Crippen LogP contribution >= 0.6 is 0 Å². The van der Waals surface area contributed by atoms with Gasteiger partial charge in [0.1, 0.15) is 12.1 Å². The fraction of sp³-hybridized carbons (Fsp3) is 0.188. The van der Waals surface area contributed by atoms with Crippen LogP contribution in [0.2, 0.25) is 0 Å². The Morgan fingerprint density at radius 3 is 2.50 bits per heavy atom. The lowest BCUT2D eigenvalue weighted by molar-refractivity contribution is 0.240. The Morgan fingerprint density at radius 2 is 1.80 bits per heavy atom. The molecule has 2 rings (SSSR count). The molecule has 0 unspecified atom stereocenters. The first kappa shape index (κ1) is 14.1. The van der Waals surface area contributed by atoms with Crippen molar-refractivity contribution in [3.8, 4) is 5.75 Å². The van der Waals surface area contributed by atoms with Crippen LogP contribution in [0.3, 0.4) is 0 Å². The zero-order valence-corrected chi connectivity index (χ0v) is 11.2. The van der Waals surface area contributed by atoms with Crippen LogP contribution in [0, 0.1) is 0 Å². The summed E-state index contributed by atoms with van der Waals surface area (Å²) in [4.78, 5) is 3.96. The molecule has 0 aliphatic carbocycles. The molecule has 0 aliphatic rings. The zero-order valence-electron chi connectivity index (χ0n) is 11.2. The van der Waals surface area contributed by atoms with E-state index in [2.05, 4.69) is 29.3 Å². The van der Waals surface area contributed by atoms with Gasteiger partial charge in [-0.1, -0.05) is 30.3 Å². The molecule has 0 radical (unpaired) electrons. The minimum absolute atomic E-state index is 0.690. The predicted octanol–water partition coefficient (Wildman–Crippen LogP) is 3.34. The third-order valence-corrected chi connectivity index (χ3v) is 2.83. The maximum atomic E-state index is 8.40. The first-order valence-corrected chi connectivity index (χ1v) is 6.57. The highest BCUT2D eigenvalue weighted by Gasteiger charge is 1.96. The molecule has 0 heterocycles. The van der Waals surface area contributed by atoms with E-state index in [1.54, 1.807) is 0 Å². The van der Waals surface area contributed by atoms with Crippen LogP contribution in [0.4, 0.5) is 5.69 Å². The Labute approximate surface area is 118 Å². The van der Waals surface area contributed by atoms with Gasteiger partial charge in [-0.2, -0.15) is 0 Å². The summed E-state index contributed by atoms with van der Waals surface area (Å²) in [6, 6.07) is 17.8. The lowest BCUT2D eigenvalue weighted by Gasteiger charge is -2.06. The Kier molecular flexibility index (Phi) is 5.61. The summed E-state index contributed by atoms with van der Waals surface area (Å²) in [5, 5.41) is 8.40. The Hall–Kier alpha value is -2.33. The van der Waals surface area contributed by atoms with E-state index >= 15 is 0 Å². The average molecular weight is 270 g/mol. The number of aliphatic imine (C=N–C) groups is 1. The summed E-state index contributed by atoms with van der Waals surface area (Å²) < 4.78 is 5.67. The monoisotopic (exact) mass is 270 g/mol. The molecule has 2 N–H and O–H groups in total. The molecule has 0 amide bonds. The van der Waals surface area contributed by atoms with E-state index in [9.17, 15) is 0 Å². The zero-order chi connectivity index (χ0) is 14.0. The van der Waals surface area contributed by atoms with Crippen molar-refractivity contribution in [2.75, 3.05) is 6.61 Å². The lowest BCUT2D eigenvalue weighted by atomic mass is 10.1. The van der Waals surface area contributed by atoms with E-state index < -0.39 is 0 Å². The second kappa shape index (κ2) is 7.96. The summed E-state index contributed by atoms with van der Waals surface area (Å²) in [7, 11) is 0. The number of hydrogen-bond donors (Lipinski definition) is 2. The maximum absolute atomic E-state index is 8.40. The standard InChI is InChI=1S/C16H18N2O2/c19-18-13-17-15-8-10-16(11-9-15)20-12-4-7-14-5-2-1-3-6-14/h1-3,5-6,8-11,13,19H,4,7,12H2,(H,17,18). The molecule has 20 heavy (non-hydrogen) atoms. The average Bonchev–Trinajstić information content (AvgIpc) is 2.52. The number of aryl methyl sites for hydroxylation is 1. The van der Waals surface area contributed by atoms with Crippen LogP contribution in [0.15, 0.2) is 59.6 Å². The second-order valence-corrected chi connectivity index (χ2v) is 4.32. The quantitative estimate of drug-likeness (QED) is 0.351. The Morgan fingerprint density at radius 1 is 1.05 bits per heavy atom. The van der Waals surface area contributed by atoms with Gasteiger partial charge < -0.3 is 4.74 Å². The van der Waals surface area contributed by atoms with E-state index in [-0.39, 0.29) is 0 Å². The largest absolute Gasteiger partial charge is 0.494 e. The van der Waals surface area contributed by atoms with Gasteiger partial charge in [-0.25, -0.2) is 4.99 Å². The molecule has 0 atom stereocenters. The molecule has 4 nitrogen and oxygen atoms in total. The van der Waals surface area contributed by atoms with Crippen molar-refractivity contribution >= 4 is 12.0 Å². The third-order valence-electron chi connectivity index (χ3n) is 2.83. The molecule has 0 aliphatic heterocycles. The van der Waals surface area contributed by atoms with Gasteiger partial charge >= 0.3 is 0 Å². The number of ether oxygens (including phenoxy) is 1. The fourth-order valence-electron chi connectivity index (χ4n) is 1.84. The van der Waals surface area contributed by atoms with Gasteiger partial charge in [0.25, 0.3) is 0 Å². The summed E-state index contributed by atoms with van der Waals surface area (Å²) in [6.07, 6.45) is 3.22. The molecule has 4 heteroatoms. The van der Waals surface area contributed by atoms with Crippen LogP contribution < -0.4 is 10.2 Å². The molecule has 0 aromatic heterocycles. The highest BCUT2D eigenvalue weighted by atomic mass is 16.5. The first-order chi connectivity index (χ1) is 9.88. The van der Waals surface area contributed by atoms with E-state index in [1.165, 1.54) is 11.9 Å². The molecule has 0 saturated carbocycles. The number of benzene rings is 2. The van der Waals surface area contributed by atoms with E-state index in [1.807, 2.05) is 35.8 Å². The summed E-state index contributed by atoms with van der Waals surface area (Å²) in [6.45, 7) is 0.690. The van der Waals surface area contributed by atoms with Gasteiger partial charge in [-0.15, -0.1) is 0 Å². The lowest BCUT2D eigenvalue weighted by Crippen LogP contribution is -2.01. The van der Waals surface area contributed by atoms with Crippen LogP contribution in [-0.4, -0.2) is 18.2 Å². The van der Waals surface area contributed by atoms with Crippen molar-refractivity contribution in [2.45, 2.75) is 12.8 Å². The molecule has 2 aromatic carbocycles. The highest BCUT2D eigenvalue weighted by molar-refractivity contribution is 5.59. The van der Waals surface area contributed by atoms with E-state index in [0.29, 0.717) is 6.61 Å². The van der Waals surface area contributed by atoms with Crippen LogP contribution in [0.25, 0.3) is 0 Å². The summed E-state index contributed by atoms with van der Waals surface area (Å²) >= 11 is 0. The second-order valence-electron chi connectivity index (χ2n) is 4.32. The van der Waals surface area contributed by atoms with Crippen molar-refractivity contribution in [3.05, 3.63) is 60.2 Å². The van der Waals surface area contributed by atoms with Crippen LogP contribution in [-0.2, 0) is 6.42 Å². The predicted molar refractivity (Wildman–Crippen MR) is 79.8 cm³/mol. The van der Waals surface area contributed by atoms with Crippen LogP contribution in [0.5, 0.6) is 5.75 Å². The van der Waals surface area contributed by atoms with Gasteiger partial charge in [0, 0.05) is 0 Å². The molecule has 0 saturated heterocycles. The van der Waals surface area contributed by atoms with E-state index in [0.717, 1.165) is 24.3 Å². The highest BCUT2D eigenvalue weighted by Crippen LogP contribution is 2.17. The molecule has 0 bridgehead atoms. The molecular formula is C16H18N2O2. The SMILES string of the molecule is ONC=Nc1ccc(OCCCc2ccccc2)cc1. The summed E-state index contributed by atoms with van der Waals surface area (Å²) in [5.41, 5.74) is 3.95. The molecular weight excluding hydrogens is 252 g/mol. The minimum atomic E-state index is 0.690. The number of hydroxylamine groups is 1. The van der Waals surface area contributed by atoms with Crippen molar-refractivity contribution in [2.24, 2.45) is 4.99 Å². The van der Waals surface area contributed by atoms with Gasteiger partial charge in [0.2, 0.25) is 0 Å². The van der Waals surface area contributed by atoms with Crippen LogP contribution in [0.1, 0.15) is 12.0 Å². The smallest absolute Gasteiger partial charge is 0.119 e. The number of nitrogens with one attached hydrogen (secondary N) is 1. The molecule has 104 valence electrons. The molecule has 0 spiro atoms. The normalized spacial score (nSPS) is 10.7. The van der Waals surface area contributed by atoms with Crippen molar-refractivity contribution in [3.63, 3.8) is 0 Å². The van der Waals surface area contributed by atoms with Gasteiger partial charge in [0.05, 0.1) is 12.3 Å². The van der Waals surface area contributed by atoms with E-state index in [4.69, 9.17) is 9.94 Å². The topological polar surface area (TPSA) is 53.8 Å². The fourth-order valence-corrected chi connectivity index (χ4v) is 1.84. The third kappa shape index (κ3) is 4.74. The number of hydrogen-bond acceptors (Lipinski definition) is 3. The maximum Gasteiger partial charge on any atom is 0.119 e. The van der Waals surface area contributed by atoms with Crippen molar-refractivity contribution < 1.29 is 9.94 Å². The van der Waals surface area contributed by atoms with Gasteiger partial charge in [0.15, 0.2) is 0 Å². The van der Waals surface area contributed by atoms with Gasteiger partial charge in [-0.3, -0.25) is 10.7 Å². The summed E-state index contributed by atoms with van der Waals surface area (Å²) in [5.74, 6) is 0.828. The first-order valence-electron chi connectivity index (χ1n) is 6.57. The van der Waals surface area contributed by atoms with Crippen molar-refractivity contribution in [1.82, 2.24) is 5.48 Å². The van der Waals surface area contributed by atoms with Gasteiger partial charge in [-0.05, 0) is 42.7 Å². The molecule has 2 aromatic rings.